The fraction of sp³-hybridized carbons (Fsp3) is 0. The third-order valence-electron chi connectivity index (χ3n) is 4.98. The van der Waals surface area contributed by atoms with E-state index in [0.717, 1.165) is 10.2 Å². The van der Waals surface area contributed by atoms with Gasteiger partial charge in [-0.05, 0) is 29.8 Å². The first-order valence-electron chi connectivity index (χ1n) is 9.43. The smallest absolute Gasteiger partial charge is 0.242 e. The number of aromatic hydroxyl groups is 2. The van der Waals surface area contributed by atoms with Crippen molar-refractivity contribution in [3.63, 3.8) is 0 Å². The van der Waals surface area contributed by atoms with Gasteiger partial charge in [-0.2, -0.15) is 0 Å². The molecule has 0 aliphatic rings. The Labute approximate surface area is 186 Å². The van der Waals surface area contributed by atoms with E-state index in [1.54, 1.807) is 54.6 Å². The second kappa shape index (κ2) is 7.58. The molecule has 0 spiro atoms. The number of fused-ring (bicyclic) bond motifs is 1. The zero-order valence-corrected chi connectivity index (χ0v) is 17.6. The number of nitrogens with zero attached hydrogens (tertiary/aromatic N) is 2. The van der Waals surface area contributed by atoms with Crippen LogP contribution < -0.4 is 0 Å². The van der Waals surface area contributed by atoms with Crippen molar-refractivity contribution < 1.29 is 15.0 Å². The maximum atomic E-state index is 13.4. The van der Waals surface area contributed by atoms with Gasteiger partial charge in [-0.3, -0.25) is 9.36 Å². The molecule has 0 bridgehead atoms. The number of para-hydroxylation sites is 1. The van der Waals surface area contributed by atoms with Crippen LogP contribution in [0.1, 0.15) is 15.9 Å². The number of hydrogen-bond acceptors (Lipinski definition) is 5. The topological polar surface area (TPSA) is 75.3 Å². The van der Waals surface area contributed by atoms with Gasteiger partial charge in [0.25, 0.3) is 0 Å². The summed E-state index contributed by atoms with van der Waals surface area (Å²) >= 11 is 7.41. The monoisotopic (exact) mass is 446 g/mol. The summed E-state index contributed by atoms with van der Waals surface area (Å²) in [6.07, 6.45) is 0. The summed E-state index contributed by atoms with van der Waals surface area (Å²) in [5, 5.41) is 22.7. The summed E-state index contributed by atoms with van der Waals surface area (Å²) in [6.45, 7) is 0. The molecule has 0 atom stereocenters. The number of halogens is 1. The molecule has 3 aromatic carbocycles. The molecule has 5 aromatic rings. The van der Waals surface area contributed by atoms with E-state index in [9.17, 15) is 15.0 Å². The fourth-order valence-electron chi connectivity index (χ4n) is 3.52. The number of rotatable bonds is 4. The molecule has 0 fully saturated rings. The second-order valence-corrected chi connectivity index (χ2v) is 8.34. The Kier molecular flexibility index (Phi) is 4.73. The maximum absolute atomic E-state index is 13.4. The Morgan fingerprint density at radius 1 is 0.903 bits per heavy atom. The van der Waals surface area contributed by atoms with Crippen LogP contribution in [0, 0.1) is 0 Å². The van der Waals surface area contributed by atoms with E-state index in [4.69, 9.17) is 11.6 Å². The van der Waals surface area contributed by atoms with Crippen LogP contribution in [-0.2, 0) is 0 Å². The average molecular weight is 447 g/mol. The van der Waals surface area contributed by atoms with Crippen LogP contribution in [0.3, 0.4) is 0 Å². The number of thiazole rings is 1. The molecule has 2 heterocycles. The fourth-order valence-corrected chi connectivity index (χ4v) is 4.62. The molecule has 0 saturated heterocycles. The SMILES string of the molecule is O=C(c1ccccc1)c1c(O)c(O)n(-c2nc3ccccc3s2)c1-c1ccc(Cl)cc1. The molecule has 31 heavy (non-hydrogen) atoms. The van der Waals surface area contributed by atoms with Gasteiger partial charge in [0, 0.05) is 10.6 Å². The van der Waals surface area contributed by atoms with Gasteiger partial charge >= 0.3 is 0 Å². The molecular formula is C24H15ClN2O3S. The quantitative estimate of drug-likeness (QED) is 0.329. The Bertz CT molecular complexity index is 1390. The lowest BCUT2D eigenvalue weighted by Gasteiger charge is -2.09. The van der Waals surface area contributed by atoms with E-state index in [1.807, 2.05) is 24.3 Å². The maximum Gasteiger partial charge on any atom is 0.242 e. The second-order valence-electron chi connectivity index (χ2n) is 6.90. The molecule has 0 aliphatic carbocycles. The Balaban J connectivity index is 1.82. The van der Waals surface area contributed by atoms with Crippen LogP contribution in [0.5, 0.6) is 11.6 Å². The van der Waals surface area contributed by atoms with Crippen molar-refractivity contribution in [1.82, 2.24) is 9.55 Å². The number of aromatic nitrogens is 2. The minimum atomic E-state index is -0.488. The van der Waals surface area contributed by atoms with Crippen LogP contribution in [-0.4, -0.2) is 25.5 Å². The van der Waals surface area contributed by atoms with Crippen molar-refractivity contribution in [2.45, 2.75) is 0 Å². The summed E-state index contributed by atoms with van der Waals surface area (Å²) in [7, 11) is 0. The zero-order chi connectivity index (χ0) is 21.5. The molecule has 0 saturated carbocycles. The first-order valence-corrected chi connectivity index (χ1v) is 10.6. The van der Waals surface area contributed by atoms with E-state index in [0.29, 0.717) is 27.0 Å². The summed E-state index contributed by atoms with van der Waals surface area (Å²) < 4.78 is 2.34. The van der Waals surface area contributed by atoms with Crippen LogP contribution in [0.15, 0.2) is 78.9 Å². The van der Waals surface area contributed by atoms with E-state index >= 15 is 0 Å². The number of carbonyl (C=O) groups excluding carboxylic acids is 1. The molecule has 5 nitrogen and oxygen atoms in total. The summed E-state index contributed by atoms with van der Waals surface area (Å²) in [6, 6.07) is 23.1. The molecule has 152 valence electrons. The first-order chi connectivity index (χ1) is 15.0. The van der Waals surface area contributed by atoms with E-state index in [-0.39, 0.29) is 5.56 Å². The van der Waals surface area contributed by atoms with E-state index in [1.165, 1.54) is 15.9 Å². The third-order valence-corrected chi connectivity index (χ3v) is 6.25. The lowest BCUT2D eigenvalue weighted by Crippen LogP contribution is -2.04. The van der Waals surface area contributed by atoms with Gasteiger partial charge in [0.2, 0.25) is 5.88 Å². The highest BCUT2D eigenvalue weighted by atomic mass is 35.5. The lowest BCUT2D eigenvalue weighted by atomic mass is 9.99. The van der Waals surface area contributed by atoms with Gasteiger partial charge in [0.05, 0.1) is 21.5 Å². The van der Waals surface area contributed by atoms with Crippen molar-refractivity contribution in [2.75, 3.05) is 0 Å². The molecule has 2 N–H and O–H groups in total. The molecule has 0 unspecified atom stereocenters. The van der Waals surface area contributed by atoms with Gasteiger partial charge in [-0.25, -0.2) is 4.98 Å². The predicted octanol–water partition coefficient (Wildman–Crippen LogP) is 6.05. The number of carbonyl (C=O) groups is 1. The molecule has 0 radical (unpaired) electrons. The standard InChI is InChI=1S/C24H15ClN2O3S/c25-16-12-10-14(11-13-16)20-19(21(28)15-6-2-1-3-7-15)22(29)23(30)27(20)24-26-17-8-4-5-9-18(17)31-24/h1-13,29-30H. The minimum absolute atomic E-state index is 0.00489. The van der Waals surface area contributed by atoms with E-state index in [2.05, 4.69) is 4.98 Å². The van der Waals surface area contributed by atoms with Crippen LogP contribution in [0.2, 0.25) is 5.02 Å². The molecule has 0 amide bonds. The number of hydrogen-bond donors (Lipinski definition) is 2. The normalized spacial score (nSPS) is 11.1. The van der Waals surface area contributed by atoms with Crippen molar-refractivity contribution in [3.8, 4) is 28.0 Å². The van der Waals surface area contributed by atoms with Gasteiger partial charge < -0.3 is 10.2 Å². The van der Waals surface area contributed by atoms with Crippen molar-refractivity contribution >= 4 is 38.9 Å². The van der Waals surface area contributed by atoms with Crippen LogP contribution in [0.4, 0.5) is 0 Å². The van der Waals surface area contributed by atoms with E-state index < -0.39 is 17.4 Å². The minimum Gasteiger partial charge on any atom is -0.503 e. The molecule has 7 heteroatoms. The Morgan fingerprint density at radius 2 is 1.58 bits per heavy atom. The number of ketones is 1. The Hall–Kier alpha value is -3.61. The first kappa shape index (κ1) is 19.4. The molecular weight excluding hydrogens is 432 g/mol. The van der Waals surface area contributed by atoms with Crippen LogP contribution >= 0.6 is 22.9 Å². The average Bonchev–Trinajstić information content (AvgIpc) is 3.33. The molecule has 0 aliphatic heterocycles. The summed E-state index contributed by atoms with van der Waals surface area (Å²) in [4.78, 5) is 18.0. The van der Waals surface area contributed by atoms with Crippen molar-refractivity contribution in [2.24, 2.45) is 0 Å². The third kappa shape index (κ3) is 3.26. The lowest BCUT2D eigenvalue weighted by molar-refractivity contribution is 0.103. The number of benzene rings is 3. The summed E-state index contributed by atoms with van der Waals surface area (Å²) in [5.74, 6) is -1.33. The van der Waals surface area contributed by atoms with Gasteiger partial charge in [0.15, 0.2) is 16.7 Å². The predicted molar refractivity (Wildman–Crippen MR) is 123 cm³/mol. The highest BCUT2D eigenvalue weighted by molar-refractivity contribution is 7.20. The summed E-state index contributed by atoms with van der Waals surface area (Å²) in [5.41, 5.74) is 2.12. The van der Waals surface area contributed by atoms with Crippen molar-refractivity contribution in [1.29, 1.82) is 0 Å². The highest BCUT2D eigenvalue weighted by Crippen LogP contribution is 2.45. The Morgan fingerprint density at radius 3 is 2.29 bits per heavy atom. The van der Waals surface area contributed by atoms with Crippen molar-refractivity contribution in [3.05, 3.63) is 95.0 Å². The molecule has 2 aromatic heterocycles. The zero-order valence-electron chi connectivity index (χ0n) is 16.0. The van der Waals surface area contributed by atoms with Crippen LogP contribution in [0.25, 0.3) is 26.6 Å². The van der Waals surface area contributed by atoms with Gasteiger partial charge in [-0.1, -0.05) is 77.5 Å². The largest absolute Gasteiger partial charge is 0.503 e. The van der Waals surface area contributed by atoms with Gasteiger partial charge in [0.1, 0.15) is 0 Å². The highest BCUT2D eigenvalue weighted by Gasteiger charge is 2.30. The van der Waals surface area contributed by atoms with Gasteiger partial charge in [-0.15, -0.1) is 0 Å². The molecule has 5 rings (SSSR count).